The lowest BCUT2D eigenvalue weighted by Gasteiger charge is -2.10. The molecule has 9 heteroatoms. The van der Waals surface area contributed by atoms with E-state index in [9.17, 15) is 14.4 Å². The number of nitrogens with zero attached hydrogens (tertiary/aromatic N) is 2. The molecular weight excluding hydrogens is 454 g/mol. The molecule has 0 radical (unpaired) electrons. The average molecular weight is 470 g/mol. The van der Waals surface area contributed by atoms with Crippen molar-refractivity contribution in [3.63, 3.8) is 0 Å². The predicted octanol–water partition coefficient (Wildman–Crippen LogP) is 2.97. The third kappa shape index (κ3) is 4.67. The molecule has 0 saturated carbocycles. The zero-order chi connectivity index (χ0) is 21.7. The fraction of sp³-hybridized carbons (Fsp3) is 0.143. The lowest BCUT2D eigenvalue weighted by Crippen LogP contribution is -2.36. The van der Waals surface area contributed by atoms with Crippen molar-refractivity contribution in [2.45, 2.75) is 6.61 Å². The van der Waals surface area contributed by atoms with E-state index in [1.165, 1.54) is 13.2 Å². The summed E-state index contributed by atoms with van der Waals surface area (Å²) in [4.78, 5) is 36.4. The third-order valence-electron chi connectivity index (χ3n) is 4.27. The van der Waals surface area contributed by atoms with Crippen LogP contribution in [-0.2, 0) is 20.9 Å². The van der Waals surface area contributed by atoms with Crippen molar-refractivity contribution in [3.05, 3.63) is 69.3 Å². The maximum Gasteiger partial charge on any atom is 0.329 e. The van der Waals surface area contributed by atoms with Crippen molar-refractivity contribution in [1.82, 2.24) is 10.2 Å². The minimum absolute atomic E-state index is 0.0485. The molecule has 1 heterocycles. The maximum atomic E-state index is 12.3. The molecule has 1 aliphatic rings. The molecule has 2 aromatic carbocycles. The van der Waals surface area contributed by atoms with Gasteiger partial charge in [0.2, 0.25) is 0 Å². The summed E-state index contributed by atoms with van der Waals surface area (Å²) in [5, 5.41) is 11.6. The molecule has 0 atom stereocenters. The molecule has 1 fully saturated rings. The summed E-state index contributed by atoms with van der Waals surface area (Å²) >= 11 is 3.42. The van der Waals surface area contributed by atoms with Crippen LogP contribution < -0.4 is 10.1 Å². The second-order valence-corrected chi connectivity index (χ2v) is 7.06. The van der Waals surface area contributed by atoms with E-state index in [0.29, 0.717) is 21.3 Å². The summed E-state index contributed by atoms with van der Waals surface area (Å²) in [7, 11) is 1.18. The number of benzene rings is 2. The van der Waals surface area contributed by atoms with Crippen LogP contribution >= 0.6 is 15.9 Å². The number of nitriles is 1. The van der Waals surface area contributed by atoms with Gasteiger partial charge in [0.1, 0.15) is 24.6 Å². The van der Waals surface area contributed by atoms with Gasteiger partial charge in [-0.1, -0.05) is 24.3 Å². The fourth-order valence-electron chi connectivity index (χ4n) is 2.71. The Morgan fingerprint density at radius 1 is 1.27 bits per heavy atom. The third-order valence-corrected chi connectivity index (χ3v) is 4.88. The van der Waals surface area contributed by atoms with Crippen molar-refractivity contribution in [2.75, 3.05) is 13.7 Å². The molecule has 0 unspecified atom stereocenters. The van der Waals surface area contributed by atoms with Gasteiger partial charge < -0.3 is 14.8 Å². The normalized spacial score (nSPS) is 14.4. The highest BCUT2D eigenvalue weighted by Crippen LogP contribution is 2.28. The second kappa shape index (κ2) is 9.24. The maximum absolute atomic E-state index is 12.3. The molecule has 1 saturated heterocycles. The van der Waals surface area contributed by atoms with E-state index >= 15 is 0 Å². The van der Waals surface area contributed by atoms with Gasteiger partial charge in [0.05, 0.1) is 23.2 Å². The van der Waals surface area contributed by atoms with Gasteiger partial charge in [-0.15, -0.1) is 0 Å². The number of halogens is 1. The number of hydrogen-bond donors (Lipinski definition) is 1. The van der Waals surface area contributed by atoms with E-state index in [1.54, 1.807) is 30.3 Å². The molecule has 0 bridgehead atoms. The van der Waals surface area contributed by atoms with Gasteiger partial charge in [-0.25, -0.2) is 9.69 Å². The summed E-state index contributed by atoms with van der Waals surface area (Å²) in [6, 6.07) is 13.7. The number of rotatable bonds is 6. The van der Waals surface area contributed by atoms with Crippen molar-refractivity contribution < 1.29 is 23.9 Å². The minimum atomic E-state index is -0.693. The van der Waals surface area contributed by atoms with E-state index < -0.39 is 24.5 Å². The summed E-state index contributed by atoms with van der Waals surface area (Å²) in [6.45, 7) is -0.237. The number of amides is 3. The smallest absolute Gasteiger partial charge is 0.329 e. The fourth-order valence-corrected chi connectivity index (χ4v) is 3.22. The molecule has 0 aromatic heterocycles. The predicted molar refractivity (Wildman–Crippen MR) is 110 cm³/mol. The number of methoxy groups -OCH3 is 1. The summed E-state index contributed by atoms with van der Waals surface area (Å²) in [6.07, 6.45) is 1.50. The second-order valence-electron chi connectivity index (χ2n) is 6.20. The first-order valence-electron chi connectivity index (χ1n) is 8.74. The lowest BCUT2D eigenvalue weighted by atomic mass is 10.1. The summed E-state index contributed by atoms with van der Waals surface area (Å²) in [5.41, 5.74) is 1.99. The highest BCUT2D eigenvalue weighted by Gasteiger charge is 2.35. The van der Waals surface area contributed by atoms with Crippen molar-refractivity contribution in [3.8, 4) is 11.8 Å². The molecule has 3 amide bonds. The van der Waals surface area contributed by atoms with Crippen molar-refractivity contribution in [1.29, 1.82) is 5.26 Å². The first-order chi connectivity index (χ1) is 14.4. The lowest BCUT2D eigenvalue weighted by molar-refractivity contribution is -0.143. The number of imide groups is 1. The Morgan fingerprint density at radius 3 is 2.73 bits per heavy atom. The van der Waals surface area contributed by atoms with Gasteiger partial charge in [0.15, 0.2) is 0 Å². The monoisotopic (exact) mass is 469 g/mol. The van der Waals surface area contributed by atoms with Crippen LogP contribution in [0.25, 0.3) is 6.08 Å². The zero-order valence-electron chi connectivity index (χ0n) is 15.8. The number of nitrogens with one attached hydrogen (secondary N) is 1. The molecule has 2 aromatic rings. The molecule has 8 nitrogen and oxygen atoms in total. The number of carbonyl (C=O) groups excluding carboxylic acids is 3. The van der Waals surface area contributed by atoms with E-state index in [4.69, 9.17) is 10.00 Å². The van der Waals surface area contributed by atoms with Crippen LogP contribution in [0.2, 0.25) is 0 Å². The van der Waals surface area contributed by atoms with E-state index in [2.05, 4.69) is 32.1 Å². The number of carbonyl (C=O) groups is 3. The molecule has 0 spiro atoms. The number of urea groups is 1. The molecule has 1 N–H and O–H groups in total. The topological polar surface area (TPSA) is 109 Å². The highest BCUT2D eigenvalue weighted by molar-refractivity contribution is 9.10. The van der Waals surface area contributed by atoms with Crippen molar-refractivity contribution in [2.24, 2.45) is 0 Å². The van der Waals surface area contributed by atoms with Crippen molar-refractivity contribution >= 4 is 39.9 Å². The Kier molecular flexibility index (Phi) is 6.49. The van der Waals surface area contributed by atoms with Crippen LogP contribution in [0.1, 0.15) is 16.7 Å². The number of esters is 1. The van der Waals surface area contributed by atoms with Gasteiger partial charge in [-0.2, -0.15) is 5.26 Å². The summed E-state index contributed by atoms with van der Waals surface area (Å²) in [5.74, 6) is -0.754. The SMILES string of the molecule is COC(=O)CN1C(=O)NC(=Cc2ccc(OCc3ccccc3C#N)c(Br)c2)C1=O. The van der Waals surface area contributed by atoms with Crippen LogP contribution in [0.15, 0.2) is 52.6 Å². The Labute approximate surface area is 180 Å². The van der Waals surface area contributed by atoms with E-state index in [0.717, 1.165) is 10.5 Å². The molecule has 0 aliphatic carbocycles. The first kappa shape index (κ1) is 21.1. The van der Waals surface area contributed by atoms with Gasteiger partial charge >= 0.3 is 12.0 Å². The molecular formula is C21H16BrN3O5. The highest BCUT2D eigenvalue weighted by atomic mass is 79.9. The largest absolute Gasteiger partial charge is 0.488 e. The van der Waals surface area contributed by atoms with Crippen LogP contribution in [0, 0.1) is 11.3 Å². The quantitative estimate of drug-likeness (QED) is 0.395. The summed E-state index contributed by atoms with van der Waals surface area (Å²) < 4.78 is 10.9. The van der Waals surface area contributed by atoms with E-state index in [1.807, 2.05) is 12.1 Å². The Hall–Kier alpha value is -3.64. The number of ether oxygens (including phenoxy) is 2. The minimum Gasteiger partial charge on any atom is -0.488 e. The Balaban J connectivity index is 1.72. The van der Waals surface area contributed by atoms with Crippen LogP contribution in [-0.4, -0.2) is 36.5 Å². The van der Waals surface area contributed by atoms with Crippen LogP contribution in [0.5, 0.6) is 5.75 Å². The zero-order valence-corrected chi connectivity index (χ0v) is 17.4. The molecule has 1 aliphatic heterocycles. The average Bonchev–Trinajstić information content (AvgIpc) is 3.00. The first-order valence-corrected chi connectivity index (χ1v) is 9.54. The van der Waals surface area contributed by atoms with Crippen LogP contribution in [0.3, 0.4) is 0 Å². The van der Waals surface area contributed by atoms with Gasteiger partial charge in [-0.05, 0) is 45.8 Å². The molecule has 152 valence electrons. The Bertz CT molecular complexity index is 1090. The molecule has 3 rings (SSSR count). The van der Waals surface area contributed by atoms with Gasteiger partial charge in [0.25, 0.3) is 5.91 Å². The number of hydrogen-bond acceptors (Lipinski definition) is 6. The van der Waals surface area contributed by atoms with Gasteiger partial charge in [-0.3, -0.25) is 9.59 Å². The van der Waals surface area contributed by atoms with Gasteiger partial charge in [0, 0.05) is 5.56 Å². The van der Waals surface area contributed by atoms with Crippen LogP contribution in [0.4, 0.5) is 4.79 Å². The van der Waals surface area contributed by atoms with E-state index in [-0.39, 0.29) is 12.3 Å². The Morgan fingerprint density at radius 2 is 2.03 bits per heavy atom. The molecule has 30 heavy (non-hydrogen) atoms. The standard InChI is InChI=1S/C21H16BrN3O5/c1-29-19(26)11-25-20(27)17(24-21(25)28)9-13-6-7-18(16(22)8-13)30-12-15-5-3-2-4-14(15)10-23/h2-9H,11-12H2,1H3,(H,24,28).